The predicted molar refractivity (Wildman–Crippen MR) is 100.0 cm³/mol. The molecule has 4 heteroatoms. The standard InChI is InChI=1S/C19H23BrN2O/c1-13-11-17(20)12-14(2)18(13)22-19(23)21-15(3)9-10-16-7-5-4-6-8-16/h4-8,11-12,15H,9-10H2,1-3H3,(H2,21,22,23). The molecule has 0 aliphatic heterocycles. The number of halogens is 1. The third kappa shape index (κ3) is 5.39. The fourth-order valence-corrected chi connectivity index (χ4v) is 3.27. The van der Waals surface area contributed by atoms with Crippen LogP contribution in [0.2, 0.25) is 0 Å². The lowest BCUT2D eigenvalue weighted by molar-refractivity contribution is 0.248. The van der Waals surface area contributed by atoms with Crippen molar-refractivity contribution in [2.45, 2.75) is 39.7 Å². The molecule has 122 valence electrons. The molecule has 1 unspecified atom stereocenters. The lowest BCUT2D eigenvalue weighted by Crippen LogP contribution is -2.36. The van der Waals surface area contributed by atoms with E-state index in [-0.39, 0.29) is 12.1 Å². The highest BCUT2D eigenvalue weighted by Gasteiger charge is 2.11. The summed E-state index contributed by atoms with van der Waals surface area (Å²) >= 11 is 3.47. The minimum absolute atomic E-state index is 0.117. The van der Waals surface area contributed by atoms with Gasteiger partial charge in [-0.2, -0.15) is 0 Å². The average molecular weight is 375 g/mol. The van der Waals surface area contributed by atoms with Gasteiger partial charge in [-0.15, -0.1) is 0 Å². The molecule has 23 heavy (non-hydrogen) atoms. The van der Waals surface area contributed by atoms with E-state index in [1.807, 2.05) is 51.1 Å². The Hall–Kier alpha value is -1.81. The van der Waals surface area contributed by atoms with E-state index in [0.717, 1.165) is 34.1 Å². The number of rotatable bonds is 5. The summed E-state index contributed by atoms with van der Waals surface area (Å²) < 4.78 is 1.02. The van der Waals surface area contributed by atoms with Gasteiger partial charge in [0.05, 0.1) is 0 Å². The highest BCUT2D eigenvalue weighted by Crippen LogP contribution is 2.25. The smallest absolute Gasteiger partial charge is 0.319 e. The van der Waals surface area contributed by atoms with Crippen LogP contribution in [0.15, 0.2) is 46.9 Å². The van der Waals surface area contributed by atoms with Crippen LogP contribution in [0.25, 0.3) is 0 Å². The first-order valence-electron chi connectivity index (χ1n) is 7.84. The average Bonchev–Trinajstić information content (AvgIpc) is 2.50. The van der Waals surface area contributed by atoms with Gasteiger partial charge in [0.25, 0.3) is 0 Å². The number of urea groups is 1. The van der Waals surface area contributed by atoms with E-state index in [9.17, 15) is 4.79 Å². The fourth-order valence-electron chi connectivity index (χ4n) is 2.58. The largest absolute Gasteiger partial charge is 0.335 e. The molecule has 0 heterocycles. The Bertz CT molecular complexity index is 647. The molecule has 0 aliphatic carbocycles. The first-order chi connectivity index (χ1) is 11.0. The summed E-state index contributed by atoms with van der Waals surface area (Å²) in [5, 5.41) is 5.97. The zero-order chi connectivity index (χ0) is 16.8. The topological polar surface area (TPSA) is 41.1 Å². The van der Waals surface area contributed by atoms with E-state index in [2.05, 4.69) is 38.7 Å². The van der Waals surface area contributed by atoms with Gasteiger partial charge in [0.2, 0.25) is 0 Å². The van der Waals surface area contributed by atoms with Crippen LogP contribution in [-0.4, -0.2) is 12.1 Å². The van der Waals surface area contributed by atoms with Crippen molar-refractivity contribution in [3.8, 4) is 0 Å². The highest BCUT2D eigenvalue weighted by molar-refractivity contribution is 9.10. The van der Waals surface area contributed by atoms with Crippen molar-refractivity contribution in [3.05, 3.63) is 63.6 Å². The molecule has 0 saturated heterocycles. The summed E-state index contributed by atoms with van der Waals surface area (Å²) in [4.78, 5) is 12.2. The van der Waals surface area contributed by atoms with Gasteiger partial charge in [-0.25, -0.2) is 4.79 Å². The molecular formula is C19H23BrN2O. The lowest BCUT2D eigenvalue weighted by Gasteiger charge is -2.17. The SMILES string of the molecule is Cc1cc(Br)cc(C)c1NC(=O)NC(C)CCc1ccccc1. The van der Waals surface area contributed by atoms with Gasteiger partial charge in [0.1, 0.15) is 0 Å². The molecule has 0 radical (unpaired) electrons. The first kappa shape index (κ1) is 17.5. The molecule has 1 atom stereocenters. The Morgan fingerprint density at radius 3 is 2.35 bits per heavy atom. The Morgan fingerprint density at radius 1 is 1.13 bits per heavy atom. The number of anilines is 1. The molecule has 0 saturated carbocycles. The van der Waals surface area contributed by atoms with Crippen LogP contribution in [-0.2, 0) is 6.42 Å². The van der Waals surface area contributed by atoms with Crippen LogP contribution < -0.4 is 10.6 Å². The summed E-state index contributed by atoms with van der Waals surface area (Å²) in [5.74, 6) is 0. The molecule has 0 spiro atoms. The minimum Gasteiger partial charge on any atom is -0.335 e. The van der Waals surface area contributed by atoms with Crippen molar-refractivity contribution < 1.29 is 4.79 Å². The Balaban J connectivity index is 1.87. The van der Waals surface area contributed by atoms with Crippen molar-refractivity contribution in [1.82, 2.24) is 5.32 Å². The summed E-state index contributed by atoms with van der Waals surface area (Å²) in [6.07, 6.45) is 1.87. The number of aryl methyl sites for hydroxylation is 3. The minimum atomic E-state index is -0.154. The highest BCUT2D eigenvalue weighted by atomic mass is 79.9. The van der Waals surface area contributed by atoms with Gasteiger partial charge in [0.15, 0.2) is 0 Å². The predicted octanol–water partition coefficient (Wildman–Crippen LogP) is 5.21. The molecule has 2 N–H and O–H groups in total. The van der Waals surface area contributed by atoms with E-state index >= 15 is 0 Å². The monoisotopic (exact) mass is 374 g/mol. The summed E-state index contributed by atoms with van der Waals surface area (Å²) in [7, 11) is 0. The van der Waals surface area contributed by atoms with Crippen LogP contribution in [0.1, 0.15) is 30.0 Å². The van der Waals surface area contributed by atoms with E-state index in [0.29, 0.717) is 0 Å². The van der Waals surface area contributed by atoms with Crippen molar-refractivity contribution in [1.29, 1.82) is 0 Å². The zero-order valence-electron chi connectivity index (χ0n) is 13.8. The van der Waals surface area contributed by atoms with Crippen molar-refractivity contribution in [2.75, 3.05) is 5.32 Å². The third-order valence-electron chi connectivity index (χ3n) is 3.82. The van der Waals surface area contributed by atoms with E-state index in [1.54, 1.807) is 0 Å². The first-order valence-corrected chi connectivity index (χ1v) is 8.63. The Labute approximate surface area is 146 Å². The molecule has 2 aromatic rings. The van der Waals surface area contributed by atoms with E-state index in [4.69, 9.17) is 0 Å². The molecule has 0 bridgehead atoms. The number of hydrogen-bond donors (Lipinski definition) is 2. The van der Waals surface area contributed by atoms with Crippen LogP contribution in [0.3, 0.4) is 0 Å². The molecule has 2 rings (SSSR count). The number of hydrogen-bond acceptors (Lipinski definition) is 1. The van der Waals surface area contributed by atoms with Crippen LogP contribution in [0.5, 0.6) is 0 Å². The van der Waals surface area contributed by atoms with Gasteiger partial charge in [-0.3, -0.25) is 0 Å². The molecule has 0 aliphatic rings. The maximum absolute atomic E-state index is 12.2. The van der Waals surface area contributed by atoms with Crippen LogP contribution in [0.4, 0.5) is 10.5 Å². The molecule has 2 aromatic carbocycles. The number of amides is 2. The molecule has 3 nitrogen and oxygen atoms in total. The van der Waals surface area contributed by atoms with Crippen LogP contribution in [0, 0.1) is 13.8 Å². The maximum atomic E-state index is 12.2. The zero-order valence-corrected chi connectivity index (χ0v) is 15.4. The van der Waals surface area contributed by atoms with E-state index < -0.39 is 0 Å². The Kier molecular flexibility index (Phi) is 6.22. The van der Waals surface area contributed by atoms with Gasteiger partial charge >= 0.3 is 6.03 Å². The molecule has 0 aromatic heterocycles. The summed E-state index contributed by atoms with van der Waals surface area (Å²) in [6.45, 7) is 6.02. The van der Waals surface area contributed by atoms with Crippen molar-refractivity contribution >= 4 is 27.6 Å². The van der Waals surface area contributed by atoms with Gasteiger partial charge in [-0.1, -0.05) is 46.3 Å². The van der Waals surface area contributed by atoms with E-state index in [1.165, 1.54) is 5.56 Å². The molecule has 0 fully saturated rings. The molecule has 2 amide bonds. The fraction of sp³-hybridized carbons (Fsp3) is 0.316. The van der Waals surface area contributed by atoms with Crippen LogP contribution >= 0.6 is 15.9 Å². The normalized spacial score (nSPS) is 11.8. The number of carbonyl (C=O) groups excluding carboxylic acids is 1. The van der Waals surface area contributed by atoms with Gasteiger partial charge in [0, 0.05) is 16.2 Å². The second kappa shape index (κ2) is 8.16. The third-order valence-corrected chi connectivity index (χ3v) is 4.28. The maximum Gasteiger partial charge on any atom is 0.319 e. The second-order valence-electron chi connectivity index (χ2n) is 5.94. The quantitative estimate of drug-likeness (QED) is 0.740. The number of nitrogens with one attached hydrogen (secondary N) is 2. The number of carbonyl (C=O) groups is 1. The number of benzene rings is 2. The summed E-state index contributed by atoms with van der Waals surface area (Å²) in [5.41, 5.74) is 4.26. The lowest BCUT2D eigenvalue weighted by atomic mass is 10.1. The van der Waals surface area contributed by atoms with Crippen molar-refractivity contribution in [2.24, 2.45) is 0 Å². The van der Waals surface area contributed by atoms with Crippen molar-refractivity contribution in [3.63, 3.8) is 0 Å². The second-order valence-corrected chi connectivity index (χ2v) is 6.85. The summed E-state index contributed by atoms with van der Waals surface area (Å²) in [6, 6.07) is 14.3. The van der Waals surface area contributed by atoms with Gasteiger partial charge in [-0.05, 0) is 62.4 Å². The molecular weight excluding hydrogens is 352 g/mol. The van der Waals surface area contributed by atoms with Gasteiger partial charge < -0.3 is 10.6 Å². The Morgan fingerprint density at radius 2 is 1.74 bits per heavy atom.